The Hall–Kier alpha value is -1.28. The Labute approximate surface area is 108 Å². The molecule has 8 heteroatoms. The largest absolute Gasteiger partial charge is 0.394 e. The Morgan fingerprint density at radius 3 is 2.44 bits per heavy atom. The van der Waals surface area contributed by atoms with Crippen molar-refractivity contribution in [3.8, 4) is 0 Å². The van der Waals surface area contributed by atoms with Gasteiger partial charge in [-0.3, -0.25) is 4.68 Å². The van der Waals surface area contributed by atoms with E-state index in [2.05, 4.69) is 15.1 Å². The first kappa shape index (κ1) is 14.8. The molecule has 0 bridgehead atoms. The van der Waals surface area contributed by atoms with Gasteiger partial charge in [0.05, 0.1) is 17.6 Å². The Morgan fingerprint density at radius 1 is 1.39 bits per heavy atom. The number of nitrogens with one attached hydrogen (secondary N) is 2. The smallest absolute Gasteiger partial charge is 0.208 e. The number of nitrogens with two attached hydrogens (primary N) is 1. The van der Waals surface area contributed by atoms with Crippen LogP contribution in [-0.2, 0) is 17.1 Å². The third kappa shape index (κ3) is 3.88. The molecule has 1 aromatic rings. The van der Waals surface area contributed by atoms with Gasteiger partial charge in [-0.25, -0.2) is 13.1 Å². The second-order valence-corrected chi connectivity index (χ2v) is 6.35. The molecule has 0 aliphatic heterocycles. The van der Waals surface area contributed by atoms with Gasteiger partial charge in [-0.05, 0) is 5.92 Å². The maximum atomic E-state index is 10.9. The van der Waals surface area contributed by atoms with Crippen molar-refractivity contribution in [2.75, 3.05) is 30.4 Å². The standard InChI is InChI=1S/C10H21N5O2S/c1-7(2)9-8(11)10(15(3)14-9)12-5-6-13-18(4,16)17/h7,12-13H,5-6,11H2,1-4H3. The minimum atomic E-state index is -3.15. The van der Waals surface area contributed by atoms with Crippen molar-refractivity contribution < 1.29 is 8.42 Å². The first-order valence-electron chi connectivity index (χ1n) is 5.73. The number of aromatic nitrogens is 2. The van der Waals surface area contributed by atoms with Crippen molar-refractivity contribution in [3.05, 3.63) is 5.69 Å². The molecule has 4 N–H and O–H groups in total. The highest BCUT2D eigenvalue weighted by molar-refractivity contribution is 7.88. The van der Waals surface area contributed by atoms with Crippen molar-refractivity contribution >= 4 is 21.5 Å². The van der Waals surface area contributed by atoms with E-state index < -0.39 is 10.0 Å². The van der Waals surface area contributed by atoms with Crippen LogP contribution in [0.1, 0.15) is 25.5 Å². The highest BCUT2D eigenvalue weighted by Crippen LogP contribution is 2.27. The summed E-state index contributed by atoms with van der Waals surface area (Å²) >= 11 is 0. The number of sulfonamides is 1. The molecule has 18 heavy (non-hydrogen) atoms. The van der Waals surface area contributed by atoms with Gasteiger partial charge < -0.3 is 11.1 Å². The fourth-order valence-corrected chi connectivity index (χ4v) is 2.09. The molecule has 0 spiro atoms. The average molecular weight is 275 g/mol. The summed E-state index contributed by atoms with van der Waals surface area (Å²) in [5.41, 5.74) is 7.45. The van der Waals surface area contributed by atoms with Gasteiger partial charge in [0.1, 0.15) is 5.82 Å². The summed E-state index contributed by atoms with van der Waals surface area (Å²) < 4.78 is 25.8. The van der Waals surface area contributed by atoms with Gasteiger partial charge >= 0.3 is 0 Å². The average Bonchev–Trinajstić information content (AvgIpc) is 2.49. The Kier molecular flexibility index (Phi) is 4.58. The zero-order valence-electron chi connectivity index (χ0n) is 11.2. The summed E-state index contributed by atoms with van der Waals surface area (Å²) in [6.45, 7) is 4.80. The van der Waals surface area contributed by atoms with Gasteiger partial charge in [-0.15, -0.1) is 0 Å². The lowest BCUT2D eigenvalue weighted by atomic mass is 10.1. The van der Waals surface area contributed by atoms with Crippen LogP contribution in [0.25, 0.3) is 0 Å². The van der Waals surface area contributed by atoms with Crippen LogP contribution in [0, 0.1) is 0 Å². The fraction of sp³-hybridized carbons (Fsp3) is 0.700. The molecule has 1 rings (SSSR count). The zero-order chi connectivity index (χ0) is 13.9. The highest BCUT2D eigenvalue weighted by Gasteiger charge is 2.15. The van der Waals surface area contributed by atoms with Crippen LogP contribution in [0.3, 0.4) is 0 Å². The second kappa shape index (κ2) is 5.57. The summed E-state index contributed by atoms with van der Waals surface area (Å²) in [6, 6.07) is 0. The molecule has 0 amide bonds. The van der Waals surface area contributed by atoms with E-state index >= 15 is 0 Å². The third-order valence-corrected chi connectivity index (χ3v) is 3.17. The highest BCUT2D eigenvalue weighted by atomic mass is 32.2. The quantitative estimate of drug-likeness (QED) is 0.638. The lowest BCUT2D eigenvalue weighted by molar-refractivity contribution is 0.589. The Morgan fingerprint density at radius 2 is 2.00 bits per heavy atom. The van der Waals surface area contributed by atoms with Crippen molar-refractivity contribution in [1.82, 2.24) is 14.5 Å². The molecule has 0 unspecified atom stereocenters. The molecule has 0 aromatic carbocycles. The molecular formula is C10H21N5O2S. The van der Waals surface area contributed by atoms with E-state index in [0.29, 0.717) is 24.6 Å². The Balaban J connectivity index is 2.63. The molecule has 0 aliphatic rings. The number of anilines is 2. The minimum Gasteiger partial charge on any atom is -0.394 e. The predicted molar refractivity (Wildman–Crippen MR) is 73.0 cm³/mol. The molecule has 1 aromatic heterocycles. The van der Waals surface area contributed by atoms with E-state index in [9.17, 15) is 8.42 Å². The number of nitrogen functional groups attached to an aromatic ring is 1. The van der Waals surface area contributed by atoms with Gasteiger partial charge in [0.25, 0.3) is 0 Å². The number of aryl methyl sites for hydroxylation is 1. The SMILES string of the molecule is CC(C)c1nn(C)c(NCCNS(C)(=O)=O)c1N. The van der Waals surface area contributed by atoms with E-state index in [-0.39, 0.29) is 5.92 Å². The molecule has 0 saturated heterocycles. The predicted octanol–water partition coefficient (Wildman–Crippen LogP) is 0.0868. The molecular weight excluding hydrogens is 254 g/mol. The Bertz CT molecular complexity index is 507. The zero-order valence-corrected chi connectivity index (χ0v) is 12.0. The summed E-state index contributed by atoms with van der Waals surface area (Å²) in [5, 5.41) is 7.41. The third-order valence-electron chi connectivity index (χ3n) is 2.44. The molecule has 0 radical (unpaired) electrons. The summed E-state index contributed by atoms with van der Waals surface area (Å²) in [5.74, 6) is 0.967. The molecule has 7 nitrogen and oxygen atoms in total. The maximum Gasteiger partial charge on any atom is 0.208 e. The van der Waals surface area contributed by atoms with Gasteiger partial charge in [0.15, 0.2) is 0 Å². The molecule has 0 fully saturated rings. The second-order valence-electron chi connectivity index (χ2n) is 4.52. The lowest BCUT2D eigenvalue weighted by Gasteiger charge is -2.08. The van der Waals surface area contributed by atoms with Gasteiger partial charge in [-0.1, -0.05) is 13.8 Å². The van der Waals surface area contributed by atoms with Crippen molar-refractivity contribution in [3.63, 3.8) is 0 Å². The molecule has 1 heterocycles. The van der Waals surface area contributed by atoms with E-state index in [1.54, 1.807) is 11.7 Å². The van der Waals surface area contributed by atoms with E-state index in [4.69, 9.17) is 5.73 Å². The van der Waals surface area contributed by atoms with Crippen LogP contribution in [0.2, 0.25) is 0 Å². The van der Waals surface area contributed by atoms with Crippen LogP contribution in [0.15, 0.2) is 0 Å². The monoisotopic (exact) mass is 275 g/mol. The first-order valence-corrected chi connectivity index (χ1v) is 7.62. The van der Waals surface area contributed by atoms with Crippen LogP contribution < -0.4 is 15.8 Å². The maximum absolute atomic E-state index is 10.9. The van der Waals surface area contributed by atoms with Gasteiger partial charge in [-0.2, -0.15) is 5.10 Å². The fourth-order valence-electron chi connectivity index (χ4n) is 1.61. The molecule has 0 atom stereocenters. The lowest BCUT2D eigenvalue weighted by Crippen LogP contribution is -2.28. The topological polar surface area (TPSA) is 102 Å². The number of hydrogen-bond donors (Lipinski definition) is 3. The van der Waals surface area contributed by atoms with E-state index in [1.807, 2.05) is 13.8 Å². The number of hydrogen-bond acceptors (Lipinski definition) is 5. The van der Waals surface area contributed by atoms with Crippen LogP contribution in [0.4, 0.5) is 11.5 Å². The summed E-state index contributed by atoms with van der Waals surface area (Å²) in [7, 11) is -1.35. The minimum absolute atomic E-state index is 0.251. The molecule has 0 aliphatic carbocycles. The molecule has 104 valence electrons. The van der Waals surface area contributed by atoms with Crippen LogP contribution >= 0.6 is 0 Å². The van der Waals surface area contributed by atoms with E-state index in [1.165, 1.54) is 0 Å². The first-order chi connectivity index (χ1) is 8.22. The number of nitrogens with zero attached hydrogens (tertiary/aromatic N) is 2. The summed E-state index contributed by atoms with van der Waals surface area (Å²) in [6.07, 6.45) is 1.13. The van der Waals surface area contributed by atoms with Crippen molar-refractivity contribution in [1.29, 1.82) is 0 Å². The van der Waals surface area contributed by atoms with Crippen LogP contribution in [-0.4, -0.2) is 37.5 Å². The van der Waals surface area contributed by atoms with Crippen LogP contribution in [0.5, 0.6) is 0 Å². The summed E-state index contributed by atoms with van der Waals surface area (Å²) in [4.78, 5) is 0. The van der Waals surface area contributed by atoms with Gasteiger partial charge in [0.2, 0.25) is 10.0 Å². The van der Waals surface area contributed by atoms with Gasteiger partial charge in [0, 0.05) is 20.1 Å². The molecule has 0 saturated carbocycles. The normalized spacial score (nSPS) is 12.1. The number of rotatable bonds is 6. The van der Waals surface area contributed by atoms with Crippen molar-refractivity contribution in [2.24, 2.45) is 7.05 Å². The van der Waals surface area contributed by atoms with Crippen molar-refractivity contribution in [2.45, 2.75) is 19.8 Å². The van der Waals surface area contributed by atoms with E-state index in [0.717, 1.165) is 11.9 Å².